The first kappa shape index (κ1) is 20.0. The van der Waals surface area contributed by atoms with Gasteiger partial charge in [-0.05, 0) is 43.7 Å². The van der Waals surface area contributed by atoms with Gasteiger partial charge < -0.3 is 9.32 Å². The van der Waals surface area contributed by atoms with Gasteiger partial charge in [-0.3, -0.25) is 9.48 Å². The molecule has 5 nitrogen and oxygen atoms in total. The number of furan rings is 1. The molecule has 0 unspecified atom stereocenters. The van der Waals surface area contributed by atoms with Gasteiger partial charge in [-0.1, -0.05) is 37.3 Å². The summed E-state index contributed by atoms with van der Waals surface area (Å²) in [7, 11) is 1.84. The number of rotatable bonds is 6. The Morgan fingerprint density at radius 3 is 2.63 bits per heavy atom. The van der Waals surface area contributed by atoms with Crippen LogP contribution in [0.3, 0.4) is 0 Å². The van der Waals surface area contributed by atoms with E-state index in [0.717, 1.165) is 45.7 Å². The van der Waals surface area contributed by atoms with Crippen molar-refractivity contribution in [1.82, 2.24) is 14.7 Å². The van der Waals surface area contributed by atoms with Gasteiger partial charge in [-0.15, -0.1) is 0 Å². The molecule has 0 spiro atoms. The van der Waals surface area contributed by atoms with Gasteiger partial charge in [-0.2, -0.15) is 5.10 Å². The lowest BCUT2D eigenvalue weighted by atomic mass is 10.1. The molecule has 0 saturated carbocycles. The highest BCUT2D eigenvalue weighted by Gasteiger charge is 2.18. The summed E-state index contributed by atoms with van der Waals surface area (Å²) in [4.78, 5) is 14.9. The highest BCUT2D eigenvalue weighted by molar-refractivity contribution is 5.94. The van der Waals surface area contributed by atoms with Crippen molar-refractivity contribution in [3.05, 3.63) is 88.4 Å². The number of carbonyl (C=O) groups excluding carboxylic acids is 1. The zero-order valence-corrected chi connectivity index (χ0v) is 18.0. The Kier molecular flexibility index (Phi) is 5.44. The molecule has 0 radical (unpaired) electrons. The minimum Gasteiger partial charge on any atom is -0.461 e. The standard InChI is InChI=1S/C25H27N3O2/c1-5-23-22(21-11-6-7-12-24(21)30-23)16-27(4)25(29)20-10-8-9-19(14-20)15-28-18(3)13-17(2)26-28/h6-14H,5,15-16H2,1-4H3. The van der Waals surface area contributed by atoms with E-state index in [4.69, 9.17) is 4.42 Å². The van der Waals surface area contributed by atoms with Gasteiger partial charge in [-0.25, -0.2) is 0 Å². The smallest absolute Gasteiger partial charge is 0.253 e. The molecular weight excluding hydrogens is 374 g/mol. The lowest BCUT2D eigenvalue weighted by Crippen LogP contribution is -2.26. The first-order chi connectivity index (χ1) is 14.5. The fourth-order valence-corrected chi connectivity index (χ4v) is 3.95. The summed E-state index contributed by atoms with van der Waals surface area (Å²) in [5, 5.41) is 5.60. The zero-order chi connectivity index (χ0) is 21.3. The number of hydrogen-bond donors (Lipinski definition) is 0. The lowest BCUT2D eigenvalue weighted by Gasteiger charge is -2.18. The predicted octanol–water partition coefficient (Wildman–Crippen LogP) is 5.13. The SMILES string of the molecule is CCc1oc2ccccc2c1CN(C)C(=O)c1cccc(Cn2nc(C)cc2C)c1. The van der Waals surface area contributed by atoms with Crippen molar-refractivity contribution in [3.8, 4) is 0 Å². The molecule has 1 amide bonds. The van der Waals surface area contributed by atoms with Crippen LogP contribution in [0.2, 0.25) is 0 Å². The van der Waals surface area contributed by atoms with Crippen molar-refractivity contribution >= 4 is 16.9 Å². The first-order valence-electron chi connectivity index (χ1n) is 10.3. The number of nitrogens with zero attached hydrogens (tertiary/aromatic N) is 3. The van der Waals surface area contributed by atoms with E-state index < -0.39 is 0 Å². The Labute approximate surface area is 176 Å². The van der Waals surface area contributed by atoms with Gasteiger partial charge >= 0.3 is 0 Å². The van der Waals surface area contributed by atoms with E-state index in [9.17, 15) is 4.79 Å². The quantitative estimate of drug-likeness (QED) is 0.450. The van der Waals surface area contributed by atoms with Gasteiger partial charge in [0.15, 0.2) is 0 Å². The highest BCUT2D eigenvalue weighted by Crippen LogP contribution is 2.27. The maximum absolute atomic E-state index is 13.2. The third-order valence-electron chi connectivity index (χ3n) is 5.45. The zero-order valence-electron chi connectivity index (χ0n) is 18.0. The summed E-state index contributed by atoms with van der Waals surface area (Å²) < 4.78 is 7.95. The third kappa shape index (κ3) is 3.88. The van der Waals surface area contributed by atoms with Crippen LogP contribution in [-0.2, 0) is 19.5 Å². The van der Waals surface area contributed by atoms with Crippen molar-refractivity contribution in [2.75, 3.05) is 7.05 Å². The van der Waals surface area contributed by atoms with Crippen molar-refractivity contribution < 1.29 is 9.21 Å². The van der Waals surface area contributed by atoms with Crippen LogP contribution >= 0.6 is 0 Å². The van der Waals surface area contributed by atoms with Crippen molar-refractivity contribution in [2.24, 2.45) is 0 Å². The van der Waals surface area contributed by atoms with Crippen LogP contribution in [0.25, 0.3) is 11.0 Å². The summed E-state index contributed by atoms with van der Waals surface area (Å²) >= 11 is 0. The summed E-state index contributed by atoms with van der Waals surface area (Å²) in [6.45, 7) is 7.27. The van der Waals surface area contributed by atoms with Crippen molar-refractivity contribution in [1.29, 1.82) is 0 Å². The van der Waals surface area contributed by atoms with Gasteiger partial charge in [0, 0.05) is 42.2 Å². The second-order valence-electron chi connectivity index (χ2n) is 7.80. The summed E-state index contributed by atoms with van der Waals surface area (Å²) in [5.74, 6) is 0.937. The van der Waals surface area contributed by atoms with Crippen LogP contribution in [-0.4, -0.2) is 27.6 Å². The molecule has 0 bridgehead atoms. The molecule has 2 heterocycles. The second-order valence-corrected chi connectivity index (χ2v) is 7.80. The van der Waals surface area contributed by atoms with Gasteiger partial charge in [0.1, 0.15) is 11.3 Å². The largest absolute Gasteiger partial charge is 0.461 e. The average molecular weight is 402 g/mol. The Morgan fingerprint density at radius 2 is 1.90 bits per heavy atom. The number of amides is 1. The van der Waals surface area contributed by atoms with E-state index in [2.05, 4.69) is 24.2 Å². The number of aromatic nitrogens is 2. The van der Waals surface area contributed by atoms with Crippen LogP contribution in [0.1, 0.15) is 45.6 Å². The van der Waals surface area contributed by atoms with E-state index >= 15 is 0 Å². The topological polar surface area (TPSA) is 51.3 Å². The minimum absolute atomic E-state index is 0.00227. The Balaban J connectivity index is 1.55. The Morgan fingerprint density at radius 1 is 1.10 bits per heavy atom. The number of benzene rings is 2. The van der Waals surface area contributed by atoms with Crippen molar-refractivity contribution in [3.63, 3.8) is 0 Å². The summed E-state index contributed by atoms with van der Waals surface area (Å²) in [6.07, 6.45) is 0.796. The molecule has 2 aromatic carbocycles. The molecule has 0 atom stereocenters. The van der Waals surface area contributed by atoms with E-state index in [1.54, 1.807) is 4.90 Å². The van der Waals surface area contributed by atoms with Crippen LogP contribution in [0.5, 0.6) is 0 Å². The molecule has 2 aromatic heterocycles. The second kappa shape index (κ2) is 8.19. The van der Waals surface area contributed by atoms with Crippen molar-refractivity contribution in [2.45, 2.75) is 40.3 Å². The molecule has 0 fully saturated rings. The van der Waals surface area contributed by atoms with E-state index in [1.807, 2.05) is 68.0 Å². The fraction of sp³-hybridized carbons (Fsp3) is 0.280. The monoisotopic (exact) mass is 401 g/mol. The maximum Gasteiger partial charge on any atom is 0.253 e. The molecule has 4 rings (SSSR count). The van der Waals surface area contributed by atoms with Crippen LogP contribution < -0.4 is 0 Å². The van der Waals surface area contributed by atoms with Gasteiger partial charge in [0.05, 0.1) is 12.2 Å². The van der Waals surface area contributed by atoms with Gasteiger partial charge in [0.2, 0.25) is 0 Å². The summed E-state index contributed by atoms with van der Waals surface area (Å²) in [6, 6.07) is 17.9. The van der Waals surface area contributed by atoms with E-state index in [0.29, 0.717) is 18.7 Å². The number of aryl methyl sites for hydroxylation is 3. The molecular formula is C25H27N3O2. The average Bonchev–Trinajstić information content (AvgIpc) is 3.26. The molecule has 0 N–H and O–H groups in total. The minimum atomic E-state index is -0.00227. The van der Waals surface area contributed by atoms with Crippen LogP contribution in [0, 0.1) is 13.8 Å². The molecule has 0 saturated heterocycles. The number of carbonyl (C=O) groups is 1. The summed E-state index contributed by atoms with van der Waals surface area (Å²) in [5.41, 5.74) is 5.81. The molecule has 5 heteroatoms. The van der Waals surface area contributed by atoms with Crippen LogP contribution in [0.4, 0.5) is 0 Å². The number of fused-ring (bicyclic) bond motifs is 1. The number of para-hydroxylation sites is 1. The van der Waals surface area contributed by atoms with E-state index in [-0.39, 0.29) is 5.91 Å². The lowest BCUT2D eigenvalue weighted by molar-refractivity contribution is 0.0785. The highest BCUT2D eigenvalue weighted by atomic mass is 16.3. The maximum atomic E-state index is 13.2. The molecule has 0 aliphatic heterocycles. The first-order valence-corrected chi connectivity index (χ1v) is 10.3. The van der Waals surface area contributed by atoms with Gasteiger partial charge in [0.25, 0.3) is 5.91 Å². The molecule has 30 heavy (non-hydrogen) atoms. The third-order valence-corrected chi connectivity index (χ3v) is 5.45. The Hall–Kier alpha value is -3.34. The van der Waals surface area contributed by atoms with E-state index in [1.165, 1.54) is 0 Å². The normalized spacial score (nSPS) is 11.2. The molecule has 0 aliphatic rings. The molecule has 0 aliphatic carbocycles. The molecule has 154 valence electrons. The molecule has 4 aromatic rings. The van der Waals surface area contributed by atoms with Crippen LogP contribution in [0.15, 0.2) is 59.0 Å². The fourth-order valence-electron chi connectivity index (χ4n) is 3.95. The predicted molar refractivity (Wildman–Crippen MR) is 119 cm³/mol. The Bertz CT molecular complexity index is 1200. The number of hydrogen-bond acceptors (Lipinski definition) is 3.